The molecule has 1 N–H and O–H groups in total. The van der Waals surface area contributed by atoms with Crippen LogP contribution in [-0.4, -0.2) is 42.8 Å². The molecule has 0 radical (unpaired) electrons. The molecule has 0 aromatic carbocycles. The average molecular weight is 328 g/mol. The first kappa shape index (κ1) is 15.0. The predicted octanol–water partition coefficient (Wildman–Crippen LogP) is 1.53. The van der Waals surface area contributed by atoms with Gasteiger partial charge in [-0.1, -0.05) is 6.92 Å². The standard InChI is InChI=1S/C14H20N2O3S2/c1-2-12-14(17)16(8-11-4-3-7-21(11,18)19)13(15-12)10-5-6-20-9-10/h5-6,9,11-13,15H,2-4,7-8H2,1H3. The van der Waals surface area contributed by atoms with E-state index in [1.165, 1.54) is 0 Å². The highest BCUT2D eigenvalue weighted by Crippen LogP contribution is 2.31. The molecule has 1 aromatic rings. The van der Waals surface area contributed by atoms with Crippen LogP contribution in [0.2, 0.25) is 0 Å². The number of hydrogen-bond donors (Lipinski definition) is 1. The van der Waals surface area contributed by atoms with Crippen molar-refractivity contribution in [3.63, 3.8) is 0 Å². The quantitative estimate of drug-likeness (QED) is 0.910. The summed E-state index contributed by atoms with van der Waals surface area (Å²) in [6, 6.07) is 1.78. The lowest BCUT2D eigenvalue weighted by molar-refractivity contribution is -0.130. The molecule has 21 heavy (non-hydrogen) atoms. The molecule has 2 saturated heterocycles. The van der Waals surface area contributed by atoms with Crippen LogP contribution in [0.5, 0.6) is 0 Å². The molecule has 3 heterocycles. The summed E-state index contributed by atoms with van der Waals surface area (Å²) in [5.41, 5.74) is 1.04. The maximum Gasteiger partial charge on any atom is 0.241 e. The number of thiophene rings is 1. The lowest BCUT2D eigenvalue weighted by atomic mass is 10.2. The van der Waals surface area contributed by atoms with Crippen molar-refractivity contribution >= 4 is 27.1 Å². The molecule has 0 aliphatic carbocycles. The minimum Gasteiger partial charge on any atom is -0.320 e. The lowest BCUT2D eigenvalue weighted by Gasteiger charge is -2.26. The lowest BCUT2D eigenvalue weighted by Crippen LogP contribution is -2.39. The Kier molecular flexibility index (Phi) is 4.07. The van der Waals surface area contributed by atoms with Crippen molar-refractivity contribution in [2.45, 2.75) is 43.6 Å². The van der Waals surface area contributed by atoms with Gasteiger partial charge in [0.25, 0.3) is 0 Å². The van der Waals surface area contributed by atoms with Gasteiger partial charge in [0.2, 0.25) is 5.91 Å². The van der Waals surface area contributed by atoms with Crippen molar-refractivity contribution in [3.05, 3.63) is 22.4 Å². The molecule has 3 unspecified atom stereocenters. The highest BCUT2D eigenvalue weighted by molar-refractivity contribution is 7.92. The minimum absolute atomic E-state index is 0.0239. The second-order valence-electron chi connectivity index (χ2n) is 5.71. The minimum atomic E-state index is -3.03. The second kappa shape index (κ2) is 5.70. The zero-order valence-corrected chi connectivity index (χ0v) is 13.6. The van der Waals surface area contributed by atoms with Gasteiger partial charge in [-0.25, -0.2) is 8.42 Å². The van der Waals surface area contributed by atoms with Crippen LogP contribution in [-0.2, 0) is 14.6 Å². The molecular weight excluding hydrogens is 308 g/mol. The van der Waals surface area contributed by atoms with Crippen LogP contribution in [0.4, 0.5) is 0 Å². The Morgan fingerprint density at radius 2 is 2.29 bits per heavy atom. The molecule has 2 aliphatic rings. The van der Waals surface area contributed by atoms with E-state index in [0.717, 1.165) is 5.56 Å². The Morgan fingerprint density at radius 3 is 2.86 bits per heavy atom. The summed E-state index contributed by atoms with van der Waals surface area (Å²) < 4.78 is 24.1. The molecule has 1 aromatic heterocycles. The maximum absolute atomic E-state index is 12.5. The Balaban J connectivity index is 1.84. The van der Waals surface area contributed by atoms with Crippen molar-refractivity contribution in [1.29, 1.82) is 0 Å². The summed E-state index contributed by atoms with van der Waals surface area (Å²) in [6.45, 7) is 2.28. The van der Waals surface area contributed by atoms with Gasteiger partial charge in [-0.05, 0) is 41.7 Å². The molecule has 2 fully saturated rings. The van der Waals surface area contributed by atoms with Crippen LogP contribution < -0.4 is 5.32 Å². The predicted molar refractivity (Wildman–Crippen MR) is 82.8 cm³/mol. The molecule has 116 valence electrons. The largest absolute Gasteiger partial charge is 0.320 e. The van der Waals surface area contributed by atoms with E-state index in [1.54, 1.807) is 16.2 Å². The van der Waals surface area contributed by atoms with E-state index in [-0.39, 0.29) is 23.9 Å². The third-order valence-electron chi connectivity index (χ3n) is 4.38. The summed E-state index contributed by atoms with van der Waals surface area (Å²) in [7, 11) is -3.03. The molecule has 0 bridgehead atoms. The number of amides is 1. The molecule has 1 amide bonds. The fourth-order valence-electron chi connectivity index (χ4n) is 3.16. The van der Waals surface area contributed by atoms with Crippen molar-refractivity contribution in [2.24, 2.45) is 0 Å². The summed E-state index contributed by atoms with van der Waals surface area (Å²) in [5.74, 6) is 0.281. The number of nitrogens with zero attached hydrogens (tertiary/aromatic N) is 1. The van der Waals surface area contributed by atoms with Gasteiger partial charge < -0.3 is 4.90 Å². The van der Waals surface area contributed by atoms with E-state index < -0.39 is 15.1 Å². The molecule has 3 rings (SSSR count). The first-order chi connectivity index (χ1) is 10.0. The Labute approximate surface area is 129 Å². The molecule has 0 saturated carbocycles. The summed E-state index contributed by atoms with van der Waals surface area (Å²) in [5, 5.41) is 6.92. The zero-order chi connectivity index (χ0) is 15.0. The van der Waals surface area contributed by atoms with Crippen LogP contribution in [0, 0.1) is 0 Å². The van der Waals surface area contributed by atoms with Crippen LogP contribution in [0.15, 0.2) is 16.8 Å². The topological polar surface area (TPSA) is 66.5 Å². The number of carbonyl (C=O) groups excluding carboxylic acids is 1. The Bertz CT molecular complexity index is 612. The van der Waals surface area contributed by atoms with Gasteiger partial charge in [-0.2, -0.15) is 11.3 Å². The molecule has 0 spiro atoms. The molecule has 5 nitrogen and oxygen atoms in total. The molecule has 2 aliphatic heterocycles. The van der Waals surface area contributed by atoms with Crippen LogP contribution >= 0.6 is 11.3 Å². The number of sulfone groups is 1. The highest BCUT2D eigenvalue weighted by atomic mass is 32.2. The summed E-state index contributed by atoms with van der Waals surface area (Å²) in [4.78, 5) is 14.2. The normalized spacial score (nSPS) is 32.0. The van der Waals surface area contributed by atoms with Crippen molar-refractivity contribution in [2.75, 3.05) is 12.3 Å². The molecule has 7 heteroatoms. The average Bonchev–Trinajstić information content (AvgIpc) is 3.13. The van der Waals surface area contributed by atoms with Gasteiger partial charge in [0.05, 0.1) is 17.0 Å². The highest BCUT2D eigenvalue weighted by Gasteiger charge is 2.42. The fraction of sp³-hybridized carbons (Fsp3) is 0.643. The molecule has 3 atom stereocenters. The first-order valence-electron chi connectivity index (χ1n) is 7.33. The number of hydrogen-bond acceptors (Lipinski definition) is 5. The van der Waals surface area contributed by atoms with Gasteiger partial charge in [-0.15, -0.1) is 0 Å². The van der Waals surface area contributed by atoms with Gasteiger partial charge in [0, 0.05) is 6.54 Å². The molecular formula is C14H20N2O3S2. The second-order valence-corrected chi connectivity index (χ2v) is 8.89. The third-order valence-corrected chi connectivity index (χ3v) is 7.34. The Hall–Kier alpha value is -0.920. The van der Waals surface area contributed by atoms with Gasteiger partial charge in [-0.3, -0.25) is 10.1 Å². The van der Waals surface area contributed by atoms with Gasteiger partial charge in [0.15, 0.2) is 9.84 Å². The van der Waals surface area contributed by atoms with E-state index in [9.17, 15) is 13.2 Å². The maximum atomic E-state index is 12.5. The summed E-state index contributed by atoms with van der Waals surface area (Å²) >= 11 is 1.58. The monoisotopic (exact) mass is 328 g/mol. The van der Waals surface area contributed by atoms with Crippen molar-refractivity contribution in [3.8, 4) is 0 Å². The van der Waals surface area contributed by atoms with E-state index in [0.29, 0.717) is 25.8 Å². The SMILES string of the molecule is CCC1NC(c2ccsc2)N(CC2CCCS2(=O)=O)C1=O. The number of carbonyl (C=O) groups is 1. The smallest absolute Gasteiger partial charge is 0.241 e. The van der Waals surface area contributed by atoms with Crippen LogP contribution in [0.3, 0.4) is 0 Å². The Morgan fingerprint density at radius 1 is 1.48 bits per heavy atom. The number of nitrogens with one attached hydrogen (secondary N) is 1. The third kappa shape index (κ3) is 2.74. The van der Waals surface area contributed by atoms with E-state index in [4.69, 9.17) is 0 Å². The summed E-state index contributed by atoms with van der Waals surface area (Å²) in [6.07, 6.45) is 1.90. The fourth-order valence-corrected chi connectivity index (χ4v) is 5.65. The van der Waals surface area contributed by atoms with Crippen LogP contribution in [0.25, 0.3) is 0 Å². The first-order valence-corrected chi connectivity index (χ1v) is 9.99. The van der Waals surface area contributed by atoms with E-state index in [1.807, 2.05) is 23.8 Å². The van der Waals surface area contributed by atoms with Crippen LogP contribution in [0.1, 0.15) is 37.9 Å². The van der Waals surface area contributed by atoms with E-state index in [2.05, 4.69) is 5.32 Å². The van der Waals surface area contributed by atoms with Crippen molar-refractivity contribution in [1.82, 2.24) is 10.2 Å². The zero-order valence-electron chi connectivity index (χ0n) is 12.0. The number of rotatable bonds is 4. The van der Waals surface area contributed by atoms with Gasteiger partial charge in [0.1, 0.15) is 6.17 Å². The van der Waals surface area contributed by atoms with E-state index >= 15 is 0 Å². The van der Waals surface area contributed by atoms with Gasteiger partial charge >= 0.3 is 0 Å². The van der Waals surface area contributed by atoms with Crippen molar-refractivity contribution < 1.29 is 13.2 Å².